The third-order valence-electron chi connectivity index (χ3n) is 4.76. The average Bonchev–Trinajstić information content (AvgIpc) is 3.53. The summed E-state index contributed by atoms with van der Waals surface area (Å²) >= 11 is 0. The lowest BCUT2D eigenvalue weighted by molar-refractivity contribution is -0.135. The zero-order valence-corrected chi connectivity index (χ0v) is 16.3. The molecule has 1 aliphatic heterocycles. The average molecular weight is 396 g/mol. The lowest BCUT2D eigenvalue weighted by Gasteiger charge is -2.13. The lowest BCUT2D eigenvalue weighted by atomic mass is 10.1. The third kappa shape index (κ3) is 3.63. The summed E-state index contributed by atoms with van der Waals surface area (Å²) in [5.74, 6) is 1.75. The van der Waals surface area contributed by atoms with Crippen molar-refractivity contribution in [2.45, 2.75) is 12.8 Å². The number of benzene rings is 2. The standard InChI is InChI=1S/C22H20O7/c1-25-18-9-12(10-19(26-2)21(18)27-3)8-17-20(23)15-7-6-14(11-16(15)29-17)28-22(24)13-4-5-13/h6-11,13H,4-5H2,1-3H3/b17-8+. The van der Waals surface area contributed by atoms with E-state index in [9.17, 15) is 9.59 Å². The molecule has 4 rings (SSSR count). The van der Waals surface area contributed by atoms with Crippen LogP contribution in [0.25, 0.3) is 6.08 Å². The van der Waals surface area contributed by atoms with Gasteiger partial charge in [-0.2, -0.15) is 0 Å². The lowest BCUT2D eigenvalue weighted by Crippen LogP contribution is -2.09. The van der Waals surface area contributed by atoms with E-state index in [1.807, 2.05) is 0 Å². The molecule has 0 amide bonds. The first-order valence-electron chi connectivity index (χ1n) is 9.14. The minimum Gasteiger partial charge on any atom is -0.493 e. The number of Topliss-reactive ketones (excluding diaryl/α,β-unsaturated/α-hetero) is 1. The summed E-state index contributed by atoms with van der Waals surface area (Å²) in [4.78, 5) is 24.5. The number of hydrogen-bond donors (Lipinski definition) is 0. The van der Waals surface area contributed by atoms with Gasteiger partial charge in [-0.1, -0.05) is 0 Å². The van der Waals surface area contributed by atoms with Crippen LogP contribution in [0, 0.1) is 5.92 Å². The first-order chi connectivity index (χ1) is 14.0. The van der Waals surface area contributed by atoms with Crippen LogP contribution in [0.15, 0.2) is 36.1 Å². The van der Waals surface area contributed by atoms with Crippen LogP contribution in [0.4, 0.5) is 0 Å². The Morgan fingerprint density at radius 3 is 2.31 bits per heavy atom. The summed E-state index contributed by atoms with van der Waals surface area (Å²) in [6.07, 6.45) is 3.32. The van der Waals surface area contributed by atoms with Crippen molar-refractivity contribution in [3.8, 4) is 28.7 Å². The van der Waals surface area contributed by atoms with Gasteiger partial charge in [0.2, 0.25) is 11.5 Å². The van der Waals surface area contributed by atoms with Crippen LogP contribution >= 0.6 is 0 Å². The largest absolute Gasteiger partial charge is 0.493 e. The summed E-state index contributed by atoms with van der Waals surface area (Å²) < 4.78 is 27.1. The minimum atomic E-state index is -0.256. The molecule has 2 aromatic carbocycles. The molecule has 29 heavy (non-hydrogen) atoms. The molecule has 0 unspecified atom stereocenters. The van der Waals surface area contributed by atoms with E-state index in [1.165, 1.54) is 21.3 Å². The van der Waals surface area contributed by atoms with Gasteiger partial charge < -0.3 is 23.7 Å². The highest BCUT2D eigenvalue weighted by molar-refractivity contribution is 6.14. The van der Waals surface area contributed by atoms with Crippen molar-refractivity contribution < 1.29 is 33.3 Å². The van der Waals surface area contributed by atoms with Gasteiger partial charge in [0.15, 0.2) is 17.3 Å². The van der Waals surface area contributed by atoms with E-state index in [4.69, 9.17) is 23.7 Å². The van der Waals surface area contributed by atoms with Crippen molar-refractivity contribution in [1.29, 1.82) is 0 Å². The highest BCUT2D eigenvalue weighted by Gasteiger charge is 2.33. The molecular formula is C22H20O7. The Labute approximate surface area is 167 Å². The van der Waals surface area contributed by atoms with Crippen LogP contribution in [0.3, 0.4) is 0 Å². The molecule has 0 aromatic heterocycles. The zero-order valence-electron chi connectivity index (χ0n) is 16.3. The van der Waals surface area contributed by atoms with Gasteiger partial charge >= 0.3 is 5.97 Å². The second kappa shape index (κ2) is 7.50. The predicted octanol–water partition coefficient (Wildman–Crippen LogP) is 3.64. The molecule has 1 heterocycles. The number of carbonyl (C=O) groups is 2. The van der Waals surface area contributed by atoms with E-state index >= 15 is 0 Å². The van der Waals surface area contributed by atoms with Gasteiger partial charge in [0.05, 0.1) is 32.8 Å². The molecule has 1 saturated carbocycles. The number of ketones is 1. The zero-order chi connectivity index (χ0) is 20.5. The number of hydrogen-bond acceptors (Lipinski definition) is 7. The van der Waals surface area contributed by atoms with Crippen LogP contribution in [-0.2, 0) is 4.79 Å². The van der Waals surface area contributed by atoms with E-state index in [0.717, 1.165) is 12.8 Å². The second-order valence-corrected chi connectivity index (χ2v) is 6.75. The molecule has 2 aromatic rings. The van der Waals surface area contributed by atoms with Gasteiger partial charge in [0, 0.05) is 6.07 Å². The number of esters is 1. The molecule has 0 bridgehead atoms. The molecule has 7 heteroatoms. The molecule has 0 atom stereocenters. The normalized spacial score (nSPS) is 16.2. The van der Waals surface area contributed by atoms with Gasteiger partial charge in [-0.15, -0.1) is 0 Å². The Hall–Kier alpha value is -3.48. The van der Waals surface area contributed by atoms with Crippen molar-refractivity contribution in [2.75, 3.05) is 21.3 Å². The summed E-state index contributed by atoms with van der Waals surface area (Å²) in [5, 5.41) is 0. The van der Waals surface area contributed by atoms with Crippen molar-refractivity contribution in [2.24, 2.45) is 5.92 Å². The second-order valence-electron chi connectivity index (χ2n) is 6.75. The van der Waals surface area contributed by atoms with Crippen LogP contribution < -0.4 is 23.7 Å². The highest BCUT2D eigenvalue weighted by atomic mass is 16.5. The smallest absolute Gasteiger partial charge is 0.314 e. The molecule has 2 aliphatic rings. The molecule has 1 fully saturated rings. The Kier molecular flexibility index (Phi) is 4.88. The number of rotatable bonds is 6. The Balaban J connectivity index is 1.61. The van der Waals surface area contributed by atoms with E-state index in [2.05, 4.69) is 0 Å². The number of ether oxygens (including phenoxy) is 5. The van der Waals surface area contributed by atoms with Crippen LogP contribution in [-0.4, -0.2) is 33.1 Å². The van der Waals surface area contributed by atoms with Crippen molar-refractivity contribution in [3.63, 3.8) is 0 Å². The summed E-state index contributed by atoms with van der Waals surface area (Å²) in [7, 11) is 4.56. The van der Waals surface area contributed by atoms with Gasteiger partial charge in [-0.25, -0.2) is 0 Å². The fourth-order valence-corrected chi connectivity index (χ4v) is 3.09. The predicted molar refractivity (Wildman–Crippen MR) is 104 cm³/mol. The monoisotopic (exact) mass is 396 g/mol. The minimum absolute atomic E-state index is 0.0127. The molecule has 1 aliphatic carbocycles. The first-order valence-corrected chi connectivity index (χ1v) is 9.14. The van der Waals surface area contributed by atoms with Crippen LogP contribution in [0.1, 0.15) is 28.8 Å². The third-order valence-corrected chi connectivity index (χ3v) is 4.76. The van der Waals surface area contributed by atoms with Crippen LogP contribution in [0.2, 0.25) is 0 Å². The maximum absolute atomic E-state index is 12.7. The van der Waals surface area contributed by atoms with E-state index in [1.54, 1.807) is 36.4 Å². The molecule has 0 spiro atoms. The molecule has 7 nitrogen and oxygen atoms in total. The Bertz CT molecular complexity index is 993. The first kappa shape index (κ1) is 18.9. The highest BCUT2D eigenvalue weighted by Crippen LogP contribution is 2.40. The topological polar surface area (TPSA) is 80.3 Å². The number of allylic oxidation sites excluding steroid dienone is 1. The Morgan fingerprint density at radius 1 is 1.03 bits per heavy atom. The van der Waals surface area contributed by atoms with Gasteiger partial charge in [-0.3, -0.25) is 9.59 Å². The van der Waals surface area contributed by atoms with Gasteiger partial charge in [0.25, 0.3) is 0 Å². The molecule has 0 radical (unpaired) electrons. The van der Waals surface area contributed by atoms with Crippen LogP contribution in [0.5, 0.6) is 28.7 Å². The quantitative estimate of drug-likeness (QED) is 0.419. The van der Waals surface area contributed by atoms with E-state index in [0.29, 0.717) is 39.9 Å². The maximum atomic E-state index is 12.7. The maximum Gasteiger partial charge on any atom is 0.314 e. The molecular weight excluding hydrogens is 376 g/mol. The van der Waals surface area contributed by atoms with E-state index < -0.39 is 0 Å². The number of methoxy groups -OCH3 is 3. The Morgan fingerprint density at radius 2 is 1.72 bits per heavy atom. The summed E-state index contributed by atoms with van der Waals surface area (Å²) in [5.41, 5.74) is 1.06. The molecule has 150 valence electrons. The molecule has 0 saturated heterocycles. The van der Waals surface area contributed by atoms with Crippen molar-refractivity contribution >= 4 is 17.8 Å². The summed E-state index contributed by atoms with van der Waals surface area (Å²) in [6, 6.07) is 8.20. The fraction of sp³-hybridized carbons (Fsp3) is 0.273. The fourth-order valence-electron chi connectivity index (χ4n) is 3.09. The van der Waals surface area contributed by atoms with Crippen molar-refractivity contribution in [1.82, 2.24) is 0 Å². The van der Waals surface area contributed by atoms with Gasteiger partial charge in [0.1, 0.15) is 11.5 Å². The molecule has 0 N–H and O–H groups in total. The number of carbonyl (C=O) groups excluding carboxylic acids is 2. The number of fused-ring (bicyclic) bond motifs is 1. The summed E-state index contributed by atoms with van der Waals surface area (Å²) in [6.45, 7) is 0. The van der Waals surface area contributed by atoms with E-state index in [-0.39, 0.29) is 23.4 Å². The van der Waals surface area contributed by atoms with Crippen molar-refractivity contribution in [3.05, 3.63) is 47.2 Å². The SMILES string of the molecule is COc1cc(/C=C2/Oc3cc(OC(=O)C4CC4)ccc3C2=O)cc(OC)c1OC. The van der Waals surface area contributed by atoms with Gasteiger partial charge in [-0.05, 0) is 48.7 Å².